The van der Waals surface area contributed by atoms with Gasteiger partial charge in [-0.2, -0.15) is 0 Å². The second-order valence-corrected chi connectivity index (χ2v) is 4.59. The maximum atomic E-state index is 12.9. The van der Waals surface area contributed by atoms with Crippen molar-refractivity contribution in [2.75, 3.05) is 7.11 Å². The highest BCUT2D eigenvalue weighted by Crippen LogP contribution is 2.16. The summed E-state index contributed by atoms with van der Waals surface area (Å²) in [5, 5.41) is 3.43. The lowest BCUT2D eigenvalue weighted by Crippen LogP contribution is -2.21. The number of benzene rings is 1. The smallest absolute Gasteiger partial charge is 0.141 e. The van der Waals surface area contributed by atoms with Crippen LogP contribution in [0.25, 0.3) is 0 Å². The van der Waals surface area contributed by atoms with Crippen LogP contribution in [0, 0.1) is 5.82 Å². The molecule has 20 heavy (non-hydrogen) atoms. The van der Waals surface area contributed by atoms with Crippen molar-refractivity contribution in [2.45, 2.75) is 25.9 Å². The first-order chi connectivity index (χ1) is 9.72. The molecule has 0 aliphatic heterocycles. The molecule has 1 N–H and O–H groups in total. The van der Waals surface area contributed by atoms with Crippen LogP contribution in [0.2, 0.25) is 0 Å². The SMILES string of the molecule is CCC(NCc1ccc(OC)cc1)c1ccc(F)cn1. The van der Waals surface area contributed by atoms with Crippen LogP contribution in [-0.2, 0) is 6.54 Å². The Morgan fingerprint density at radius 2 is 1.95 bits per heavy atom. The molecule has 0 amide bonds. The molecule has 3 nitrogen and oxygen atoms in total. The highest BCUT2D eigenvalue weighted by Gasteiger charge is 2.10. The summed E-state index contributed by atoms with van der Waals surface area (Å²) in [6.45, 7) is 2.82. The van der Waals surface area contributed by atoms with Gasteiger partial charge in [-0.15, -0.1) is 0 Å². The van der Waals surface area contributed by atoms with Crippen molar-refractivity contribution in [2.24, 2.45) is 0 Å². The van der Waals surface area contributed by atoms with Crippen LogP contribution in [0.1, 0.15) is 30.6 Å². The summed E-state index contributed by atoms with van der Waals surface area (Å²) in [5.74, 6) is 0.541. The molecule has 1 aromatic carbocycles. The van der Waals surface area contributed by atoms with Gasteiger partial charge in [-0.25, -0.2) is 4.39 Å². The van der Waals surface area contributed by atoms with Crippen molar-refractivity contribution < 1.29 is 9.13 Å². The zero-order valence-corrected chi connectivity index (χ0v) is 11.8. The standard InChI is InChI=1S/C16H19FN2O/c1-3-15(16-9-6-13(17)11-19-16)18-10-12-4-7-14(20-2)8-5-12/h4-9,11,15,18H,3,10H2,1-2H3. The summed E-state index contributed by atoms with van der Waals surface area (Å²) in [6.07, 6.45) is 2.15. The summed E-state index contributed by atoms with van der Waals surface area (Å²) in [4.78, 5) is 4.13. The van der Waals surface area contributed by atoms with Crippen LogP contribution in [0.5, 0.6) is 5.75 Å². The Bertz CT molecular complexity index is 525. The zero-order chi connectivity index (χ0) is 14.4. The Morgan fingerprint density at radius 3 is 2.50 bits per heavy atom. The normalized spacial score (nSPS) is 12.2. The van der Waals surface area contributed by atoms with Gasteiger partial charge in [0.05, 0.1) is 19.0 Å². The summed E-state index contributed by atoms with van der Waals surface area (Å²) in [5.41, 5.74) is 2.04. The minimum Gasteiger partial charge on any atom is -0.497 e. The van der Waals surface area contributed by atoms with E-state index in [1.165, 1.54) is 17.8 Å². The number of methoxy groups -OCH3 is 1. The summed E-state index contributed by atoms with van der Waals surface area (Å²) in [7, 11) is 1.65. The largest absolute Gasteiger partial charge is 0.497 e. The number of nitrogens with zero attached hydrogens (tertiary/aromatic N) is 1. The predicted molar refractivity (Wildman–Crippen MR) is 77.1 cm³/mol. The Balaban J connectivity index is 1.97. The summed E-state index contributed by atoms with van der Waals surface area (Å²) < 4.78 is 18.0. The number of rotatable bonds is 6. The molecular formula is C16H19FN2O. The van der Waals surface area contributed by atoms with Crippen molar-refractivity contribution in [1.29, 1.82) is 0 Å². The van der Waals surface area contributed by atoms with E-state index in [9.17, 15) is 4.39 Å². The van der Waals surface area contributed by atoms with Crippen LogP contribution >= 0.6 is 0 Å². The van der Waals surface area contributed by atoms with Crippen LogP contribution in [0.15, 0.2) is 42.6 Å². The van der Waals surface area contributed by atoms with E-state index in [0.29, 0.717) is 0 Å². The highest BCUT2D eigenvalue weighted by atomic mass is 19.1. The number of halogens is 1. The molecule has 1 atom stereocenters. The third-order valence-electron chi connectivity index (χ3n) is 3.23. The molecule has 106 valence electrons. The molecule has 0 spiro atoms. The molecule has 2 rings (SSSR count). The molecule has 0 radical (unpaired) electrons. The topological polar surface area (TPSA) is 34.1 Å². The number of nitrogens with one attached hydrogen (secondary N) is 1. The van der Waals surface area contributed by atoms with Gasteiger partial charge < -0.3 is 10.1 Å². The van der Waals surface area contributed by atoms with Gasteiger partial charge in [-0.05, 0) is 36.2 Å². The van der Waals surface area contributed by atoms with Gasteiger partial charge in [-0.3, -0.25) is 4.98 Å². The molecule has 1 heterocycles. The van der Waals surface area contributed by atoms with Gasteiger partial charge in [-0.1, -0.05) is 19.1 Å². The fourth-order valence-electron chi connectivity index (χ4n) is 2.04. The first-order valence-electron chi connectivity index (χ1n) is 6.70. The molecule has 4 heteroatoms. The monoisotopic (exact) mass is 274 g/mol. The lowest BCUT2D eigenvalue weighted by molar-refractivity contribution is 0.414. The fraction of sp³-hybridized carbons (Fsp3) is 0.312. The Morgan fingerprint density at radius 1 is 1.20 bits per heavy atom. The molecule has 2 aromatic rings. The van der Waals surface area contributed by atoms with Crippen LogP contribution in [-0.4, -0.2) is 12.1 Å². The van der Waals surface area contributed by atoms with Gasteiger partial charge in [0.2, 0.25) is 0 Å². The molecule has 0 saturated heterocycles. The van der Waals surface area contributed by atoms with Crippen molar-refractivity contribution in [3.05, 3.63) is 59.7 Å². The molecule has 0 saturated carbocycles. The van der Waals surface area contributed by atoms with E-state index in [2.05, 4.69) is 17.2 Å². The van der Waals surface area contributed by atoms with Crippen LogP contribution in [0.3, 0.4) is 0 Å². The Labute approximate surface area is 118 Å². The number of hydrogen-bond acceptors (Lipinski definition) is 3. The number of pyridine rings is 1. The first kappa shape index (κ1) is 14.5. The maximum Gasteiger partial charge on any atom is 0.141 e. The van der Waals surface area contributed by atoms with E-state index >= 15 is 0 Å². The van der Waals surface area contributed by atoms with Crippen LogP contribution < -0.4 is 10.1 Å². The minimum atomic E-state index is -0.307. The van der Waals surface area contributed by atoms with Crippen molar-refractivity contribution in [3.63, 3.8) is 0 Å². The summed E-state index contributed by atoms with van der Waals surface area (Å²) in [6, 6.07) is 11.2. The number of aromatic nitrogens is 1. The number of hydrogen-bond donors (Lipinski definition) is 1. The third kappa shape index (κ3) is 3.78. The van der Waals surface area contributed by atoms with E-state index in [4.69, 9.17) is 4.74 Å². The fourth-order valence-corrected chi connectivity index (χ4v) is 2.04. The lowest BCUT2D eigenvalue weighted by Gasteiger charge is -2.16. The van der Waals surface area contributed by atoms with E-state index < -0.39 is 0 Å². The van der Waals surface area contributed by atoms with Gasteiger partial charge in [0, 0.05) is 12.6 Å². The molecule has 1 aromatic heterocycles. The van der Waals surface area contributed by atoms with E-state index in [0.717, 1.165) is 24.4 Å². The van der Waals surface area contributed by atoms with E-state index in [1.807, 2.05) is 24.3 Å². The first-order valence-corrected chi connectivity index (χ1v) is 6.70. The minimum absolute atomic E-state index is 0.123. The van der Waals surface area contributed by atoms with E-state index in [-0.39, 0.29) is 11.9 Å². The average molecular weight is 274 g/mol. The quantitative estimate of drug-likeness (QED) is 0.875. The molecule has 0 fully saturated rings. The van der Waals surface area contributed by atoms with Gasteiger partial charge in [0.15, 0.2) is 0 Å². The number of ether oxygens (including phenoxy) is 1. The average Bonchev–Trinajstić information content (AvgIpc) is 2.50. The van der Waals surface area contributed by atoms with Crippen molar-refractivity contribution in [3.8, 4) is 5.75 Å². The molecule has 0 bridgehead atoms. The molecule has 0 aliphatic rings. The van der Waals surface area contributed by atoms with Gasteiger partial charge in [0.1, 0.15) is 11.6 Å². The molecule has 1 unspecified atom stereocenters. The van der Waals surface area contributed by atoms with Crippen LogP contribution in [0.4, 0.5) is 4.39 Å². The second-order valence-electron chi connectivity index (χ2n) is 4.59. The molecular weight excluding hydrogens is 255 g/mol. The van der Waals surface area contributed by atoms with Crippen molar-refractivity contribution in [1.82, 2.24) is 10.3 Å². The lowest BCUT2D eigenvalue weighted by atomic mass is 10.1. The van der Waals surface area contributed by atoms with Crippen molar-refractivity contribution >= 4 is 0 Å². The summed E-state index contributed by atoms with van der Waals surface area (Å²) >= 11 is 0. The van der Waals surface area contributed by atoms with E-state index in [1.54, 1.807) is 13.2 Å². The highest BCUT2D eigenvalue weighted by molar-refractivity contribution is 5.27. The van der Waals surface area contributed by atoms with Gasteiger partial charge >= 0.3 is 0 Å². The second kappa shape index (κ2) is 7.01. The maximum absolute atomic E-state index is 12.9. The Kier molecular flexibility index (Phi) is 5.07. The Hall–Kier alpha value is -1.94. The third-order valence-corrected chi connectivity index (χ3v) is 3.23. The molecule has 0 aliphatic carbocycles. The predicted octanol–water partition coefficient (Wildman–Crippen LogP) is 3.47. The van der Waals surface area contributed by atoms with Gasteiger partial charge in [0.25, 0.3) is 0 Å². The zero-order valence-electron chi connectivity index (χ0n) is 11.8.